The molecule has 0 radical (unpaired) electrons. The summed E-state index contributed by atoms with van der Waals surface area (Å²) in [4.78, 5) is 77.1. The van der Waals surface area contributed by atoms with Crippen molar-refractivity contribution in [1.82, 2.24) is 55.3 Å². The normalized spacial score (nSPS) is 13.6. The molecule has 1 fully saturated rings. The van der Waals surface area contributed by atoms with Gasteiger partial charge in [-0.1, -0.05) is 275 Å². The highest BCUT2D eigenvalue weighted by Gasteiger charge is 2.32. The van der Waals surface area contributed by atoms with E-state index in [4.69, 9.17) is 0 Å². The minimum absolute atomic E-state index is 0.0159. The van der Waals surface area contributed by atoms with E-state index in [9.17, 15) is 19.2 Å². The molecule has 1 aliphatic carbocycles. The van der Waals surface area contributed by atoms with Gasteiger partial charge in [0.15, 0.2) is 10.9 Å². The molecule has 5 N–H and O–H groups in total. The number of hydrogen-bond acceptors (Lipinski definition) is 12. The Morgan fingerprint density at radius 2 is 0.952 bits per heavy atom. The molecule has 2 aliphatic heterocycles. The van der Waals surface area contributed by atoms with Crippen molar-refractivity contribution < 1.29 is 0 Å². The molecule has 0 saturated carbocycles. The average molecular weight is 1690 g/mol. The van der Waals surface area contributed by atoms with Gasteiger partial charge in [-0.3, -0.25) is 34.1 Å². The van der Waals surface area contributed by atoms with Crippen LogP contribution in [-0.2, 0) is 12.8 Å². The number of aliphatic imine (C=N–C) groups is 1. The van der Waals surface area contributed by atoms with Gasteiger partial charge < -0.3 is 25.3 Å². The molecule has 16 rings (SSSR count). The molecule has 1 saturated heterocycles. The molecule has 3 unspecified atom stereocenters. The maximum absolute atomic E-state index is 11.5. The topological polar surface area (TPSA) is 224 Å². The molecule has 16 nitrogen and oxygen atoms in total. The first-order valence-electron chi connectivity index (χ1n) is 46.4. The highest BCUT2D eigenvalue weighted by Crippen LogP contribution is 2.37. The number of aromatic nitrogens is 9. The minimum atomic E-state index is -0.0465. The van der Waals surface area contributed by atoms with E-state index in [1.165, 1.54) is 70.3 Å². The number of rotatable bonds is 7. The summed E-state index contributed by atoms with van der Waals surface area (Å²) in [6, 6.07) is 55.0. The zero-order valence-corrected chi connectivity index (χ0v) is 82.4. The van der Waals surface area contributed by atoms with Crippen molar-refractivity contribution in [2.24, 2.45) is 16.3 Å². The lowest BCUT2D eigenvalue weighted by atomic mass is 9.71. The second-order valence-corrected chi connectivity index (χ2v) is 31.6. The number of fused-ring (bicyclic) bond motifs is 8. The molecule has 676 valence electrons. The first-order chi connectivity index (χ1) is 59.6. The summed E-state index contributed by atoms with van der Waals surface area (Å²) in [5, 5.41) is 17.9. The van der Waals surface area contributed by atoms with E-state index in [1.54, 1.807) is 43.0 Å². The molecular formula is C108H160N12O4. The second-order valence-electron chi connectivity index (χ2n) is 31.6. The van der Waals surface area contributed by atoms with E-state index in [1.807, 2.05) is 227 Å². The second kappa shape index (κ2) is 60.9. The quantitative estimate of drug-likeness (QED) is 0.101. The Bertz CT molecular complexity index is 5190. The number of nitrogens with one attached hydrogen (secondary N) is 5. The Labute approximate surface area is 746 Å². The standard InChI is InChI=1S/C13H19N.4C12H13NO.2C11H12N2.C9H17N3.8C2H6/c1-13(2,3)11-6-7-12-10(9-11)5-4-8-14-12;1-8(2)9-3-5-11-10(7-9)4-6-12(14)13-11;1-8(2)9-3-4-11-10(7-9)12(14)5-6-13-11;1-8(2)9-3-4-11-10(7-9)5-6-13-12(11)14;1-8(2)9-3-4-10-11(7-9)13-6-5-12(10)14;1-8(2)9-3-4-11-10(7-9)5-6-12-13-11;1-8(2)11-12-7-9-5-3-4-6-10(9)13-11;1-7(2)12-4-3-8-9(5-12)11-6-10-8;8*1-2/h4-5,8,11H,6-7,9H2,1-3H3;4*3-8H,1-2H3,(H,13,14);2*3-8H,1-2H3;6-9H,3-5H2,1-2H3,(H,10,11);8*1-2H3. The average Bonchev–Trinajstić information content (AvgIpc) is 1.12. The summed E-state index contributed by atoms with van der Waals surface area (Å²) >= 11 is 0. The lowest BCUT2D eigenvalue weighted by Gasteiger charge is -2.36. The van der Waals surface area contributed by atoms with E-state index in [2.05, 4.69) is 227 Å². The van der Waals surface area contributed by atoms with E-state index in [0.29, 0.717) is 59.0 Å². The molecule has 13 aromatic rings. The van der Waals surface area contributed by atoms with Crippen molar-refractivity contribution >= 4 is 71.6 Å². The van der Waals surface area contributed by atoms with Crippen molar-refractivity contribution in [1.29, 1.82) is 0 Å². The fourth-order valence-electron chi connectivity index (χ4n) is 13.1. The Hall–Kier alpha value is -10.6. The van der Waals surface area contributed by atoms with Crippen molar-refractivity contribution in [3.63, 3.8) is 0 Å². The molecule has 0 bridgehead atoms. The van der Waals surface area contributed by atoms with E-state index in [-0.39, 0.29) is 22.0 Å². The summed E-state index contributed by atoms with van der Waals surface area (Å²) in [5.74, 6) is 4.66. The Kier molecular flexibility index (Phi) is 54.7. The van der Waals surface area contributed by atoms with Gasteiger partial charge in [-0.25, -0.2) is 9.97 Å². The van der Waals surface area contributed by atoms with Crippen molar-refractivity contribution in [2.75, 3.05) is 13.1 Å². The predicted octanol–water partition coefficient (Wildman–Crippen LogP) is 28.0. The van der Waals surface area contributed by atoms with Gasteiger partial charge in [-0.2, -0.15) is 10.2 Å². The number of pyridine rings is 5. The molecule has 0 amide bonds. The number of aryl methyl sites for hydroxylation is 1. The summed E-state index contributed by atoms with van der Waals surface area (Å²) < 4.78 is 0. The highest BCUT2D eigenvalue weighted by atomic mass is 16.1. The first-order valence-corrected chi connectivity index (χ1v) is 46.4. The number of aromatic amines is 4. The van der Waals surface area contributed by atoms with Crippen LogP contribution in [0.1, 0.15) is 322 Å². The van der Waals surface area contributed by atoms with Crippen LogP contribution in [0, 0.1) is 11.3 Å². The lowest BCUT2D eigenvalue weighted by molar-refractivity contribution is 0.155. The number of hydrogen-bond donors (Lipinski definition) is 5. The van der Waals surface area contributed by atoms with Crippen LogP contribution in [-0.4, -0.2) is 87.5 Å². The predicted molar refractivity (Wildman–Crippen MR) is 542 cm³/mol. The van der Waals surface area contributed by atoms with Crippen LogP contribution in [0.25, 0.3) is 65.3 Å². The number of nitrogens with zero attached hydrogens (tertiary/aromatic N) is 7. The monoisotopic (exact) mass is 1690 g/mol. The van der Waals surface area contributed by atoms with Crippen LogP contribution in [0.2, 0.25) is 0 Å². The van der Waals surface area contributed by atoms with Crippen LogP contribution in [0.3, 0.4) is 0 Å². The van der Waals surface area contributed by atoms with Crippen molar-refractivity contribution in [3.8, 4) is 0 Å². The largest absolute Gasteiger partial charge is 0.370 e. The lowest BCUT2D eigenvalue weighted by Crippen LogP contribution is -2.51. The Morgan fingerprint density at radius 3 is 1.54 bits per heavy atom. The maximum Gasteiger partial charge on any atom is 0.255 e. The van der Waals surface area contributed by atoms with E-state index >= 15 is 0 Å². The van der Waals surface area contributed by atoms with Gasteiger partial charge >= 0.3 is 0 Å². The summed E-state index contributed by atoms with van der Waals surface area (Å²) in [6.07, 6.45) is 17.4. The molecule has 6 aromatic carbocycles. The number of H-pyrrole nitrogens is 4. The number of benzene rings is 6. The van der Waals surface area contributed by atoms with E-state index in [0.717, 1.165) is 84.6 Å². The Morgan fingerprint density at radius 1 is 0.427 bits per heavy atom. The minimum Gasteiger partial charge on any atom is -0.370 e. The van der Waals surface area contributed by atoms with Gasteiger partial charge in [0.1, 0.15) is 5.82 Å². The molecule has 0 spiro atoms. The van der Waals surface area contributed by atoms with Gasteiger partial charge in [-0.15, -0.1) is 0 Å². The van der Waals surface area contributed by atoms with Crippen molar-refractivity contribution in [2.45, 2.75) is 308 Å². The van der Waals surface area contributed by atoms with Crippen LogP contribution in [0.5, 0.6) is 0 Å². The maximum atomic E-state index is 11.5. The van der Waals surface area contributed by atoms with Gasteiger partial charge in [0.2, 0.25) is 5.56 Å². The molecule has 7 aromatic heterocycles. The van der Waals surface area contributed by atoms with Gasteiger partial charge in [0.05, 0.1) is 35.7 Å². The van der Waals surface area contributed by atoms with Crippen molar-refractivity contribution in [3.05, 3.63) is 287 Å². The third kappa shape index (κ3) is 36.3. The molecule has 3 atom stereocenters. The first kappa shape index (κ1) is 111. The fourth-order valence-corrected chi connectivity index (χ4v) is 13.1. The number of para-hydroxylation sites is 1. The molecule has 9 heterocycles. The van der Waals surface area contributed by atoms with Crippen LogP contribution < -0.4 is 27.3 Å². The zero-order valence-electron chi connectivity index (χ0n) is 82.4. The molecule has 3 aliphatic rings. The van der Waals surface area contributed by atoms with E-state index < -0.39 is 0 Å². The third-order valence-corrected chi connectivity index (χ3v) is 20.3. The van der Waals surface area contributed by atoms with Crippen LogP contribution in [0.15, 0.2) is 225 Å². The van der Waals surface area contributed by atoms with Crippen LogP contribution >= 0.6 is 0 Å². The summed E-state index contributed by atoms with van der Waals surface area (Å²) in [5.41, 5.74) is 14.4. The molecule has 124 heavy (non-hydrogen) atoms. The SMILES string of the molecule is CC.CC.CC.CC.CC.CC.CC.CC.CC(C)(C)C1CCc2ncccc2C1.CC(C)N1CCC2N=CNC2C1.CC(C)c1ccc2[nH]c(=O)ccc2c1.CC(C)c1ccc2[nH]ccc(=O)c2c1.CC(C)c1ccc2c(=O)[nH]ccc2c1.CC(C)c1ccc2c(=O)cc[nH]c2c1.CC(C)c1ccc2nnccc2c1.CC(C)c1ncc2ccccc2n1. The van der Waals surface area contributed by atoms with Crippen LogP contribution in [0.4, 0.5) is 0 Å². The van der Waals surface area contributed by atoms with Gasteiger partial charge in [-0.05, 0) is 210 Å². The van der Waals surface area contributed by atoms with Gasteiger partial charge in [0, 0.05) is 123 Å². The van der Waals surface area contributed by atoms with Gasteiger partial charge in [0.25, 0.3) is 5.56 Å². The summed E-state index contributed by atoms with van der Waals surface area (Å²) in [6.45, 7) is 71.6. The zero-order chi connectivity index (χ0) is 93.8. The number of piperidine rings is 1. The third-order valence-electron chi connectivity index (χ3n) is 20.3. The smallest absolute Gasteiger partial charge is 0.255 e. The Balaban J connectivity index is 0.000000692. The number of likely N-dealkylation sites (tertiary alicyclic amines) is 1. The highest BCUT2D eigenvalue weighted by molar-refractivity contribution is 5.83. The summed E-state index contributed by atoms with van der Waals surface area (Å²) in [7, 11) is 0. The molecule has 16 heteroatoms. The molecular weight excluding hydrogens is 1530 g/mol. The fraction of sp³-hybridized carbons (Fsp3) is 0.463.